The molecular weight excluding hydrogens is 367 g/mol. The van der Waals surface area contributed by atoms with Crippen molar-refractivity contribution in [3.05, 3.63) is 27.2 Å². The van der Waals surface area contributed by atoms with Gasteiger partial charge >= 0.3 is 5.97 Å². The third-order valence-electron chi connectivity index (χ3n) is 3.23. The van der Waals surface area contributed by atoms with E-state index in [-0.39, 0.29) is 39.6 Å². The monoisotopic (exact) mass is 378 g/mol. The Balaban J connectivity index is 1.84. The maximum Gasteiger partial charge on any atom is 0.311 e. The first-order valence-corrected chi connectivity index (χ1v) is 7.88. The smallest absolute Gasteiger partial charge is 0.311 e. The summed E-state index contributed by atoms with van der Waals surface area (Å²) in [6.07, 6.45) is 0.676. The summed E-state index contributed by atoms with van der Waals surface area (Å²) in [5, 5.41) is 5.78. The topological polar surface area (TPSA) is 84.5 Å². The van der Waals surface area contributed by atoms with E-state index in [0.717, 1.165) is 0 Å². The molecule has 2 N–H and O–H groups in total. The molecular formula is C14H13Cl3N2O4. The summed E-state index contributed by atoms with van der Waals surface area (Å²) in [6.45, 7) is -0.238. The summed E-state index contributed by atoms with van der Waals surface area (Å²) in [6, 6.07) is 2.81. The Bertz CT molecular complexity index is 641. The lowest BCUT2D eigenvalue weighted by Crippen LogP contribution is -2.39. The standard InChI is InChI=1S/C14H13Cl3N2O4/c15-8-3-10(17)11(4-9(8)16)19-13(21)6-23-14(22)7-1-2-12(20)18-5-7/h3-4,7H,1-2,5-6H2,(H,18,20)(H,19,21). The van der Waals surface area contributed by atoms with Gasteiger partial charge in [-0.15, -0.1) is 0 Å². The fourth-order valence-electron chi connectivity index (χ4n) is 1.99. The van der Waals surface area contributed by atoms with Crippen LogP contribution in [0.5, 0.6) is 0 Å². The van der Waals surface area contributed by atoms with Gasteiger partial charge in [-0.2, -0.15) is 0 Å². The Kier molecular flexibility index (Phi) is 6.10. The second-order valence-corrected chi connectivity index (χ2v) is 6.16. The highest BCUT2D eigenvalue weighted by molar-refractivity contribution is 6.44. The lowest BCUT2D eigenvalue weighted by atomic mass is 10.00. The zero-order chi connectivity index (χ0) is 17.0. The number of ether oxygens (including phenoxy) is 1. The molecule has 1 unspecified atom stereocenters. The Hall–Kier alpha value is -1.50. The second-order valence-electron chi connectivity index (χ2n) is 4.94. The van der Waals surface area contributed by atoms with E-state index in [1.807, 2.05) is 0 Å². The maximum atomic E-state index is 11.8. The fourth-order valence-corrected chi connectivity index (χ4v) is 2.59. The summed E-state index contributed by atoms with van der Waals surface area (Å²) in [5.41, 5.74) is 0.270. The second kappa shape index (κ2) is 7.86. The van der Waals surface area contributed by atoms with Gasteiger partial charge in [0.2, 0.25) is 5.91 Å². The summed E-state index contributed by atoms with van der Waals surface area (Å²) in [7, 11) is 0. The average molecular weight is 380 g/mol. The van der Waals surface area contributed by atoms with Gasteiger partial charge in [0.1, 0.15) is 0 Å². The minimum Gasteiger partial charge on any atom is -0.455 e. The van der Waals surface area contributed by atoms with Crippen LogP contribution in [-0.2, 0) is 19.1 Å². The number of carbonyl (C=O) groups is 3. The number of halogens is 3. The van der Waals surface area contributed by atoms with Gasteiger partial charge < -0.3 is 15.4 Å². The molecule has 6 nitrogen and oxygen atoms in total. The number of carbonyl (C=O) groups excluding carboxylic acids is 3. The molecule has 0 saturated carbocycles. The van der Waals surface area contributed by atoms with Gasteiger partial charge in [-0.1, -0.05) is 34.8 Å². The number of amides is 2. The van der Waals surface area contributed by atoms with E-state index in [1.54, 1.807) is 0 Å². The summed E-state index contributed by atoms with van der Waals surface area (Å²) >= 11 is 17.6. The Morgan fingerprint density at radius 3 is 2.57 bits per heavy atom. The molecule has 9 heteroatoms. The van der Waals surface area contributed by atoms with E-state index in [9.17, 15) is 14.4 Å². The van der Waals surface area contributed by atoms with Gasteiger partial charge in [0.25, 0.3) is 5.91 Å². The van der Waals surface area contributed by atoms with Crippen molar-refractivity contribution in [2.75, 3.05) is 18.5 Å². The first-order valence-electron chi connectivity index (χ1n) is 6.74. The molecule has 1 fully saturated rings. The number of nitrogens with one attached hydrogen (secondary N) is 2. The third-order valence-corrected chi connectivity index (χ3v) is 4.26. The van der Waals surface area contributed by atoms with Gasteiger partial charge in [0, 0.05) is 13.0 Å². The van der Waals surface area contributed by atoms with E-state index < -0.39 is 24.4 Å². The van der Waals surface area contributed by atoms with Crippen molar-refractivity contribution in [1.82, 2.24) is 5.32 Å². The van der Waals surface area contributed by atoms with E-state index >= 15 is 0 Å². The van der Waals surface area contributed by atoms with Crippen molar-refractivity contribution < 1.29 is 19.1 Å². The summed E-state index contributed by atoms with van der Waals surface area (Å²) in [5.74, 6) is -1.62. The molecule has 1 atom stereocenters. The normalized spacial score (nSPS) is 17.3. The van der Waals surface area contributed by atoms with Crippen molar-refractivity contribution in [3.8, 4) is 0 Å². The van der Waals surface area contributed by atoms with Crippen LogP contribution in [0.3, 0.4) is 0 Å². The van der Waals surface area contributed by atoms with Crippen molar-refractivity contribution in [3.63, 3.8) is 0 Å². The highest BCUT2D eigenvalue weighted by atomic mass is 35.5. The number of esters is 1. The number of rotatable bonds is 4. The van der Waals surface area contributed by atoms with Crippen molar-refractivity contribution in [1.29, 1.82) is 0 Å². The Morgan fingerprint density at radius 1 is 1.22 bits per heavy atom. The predicted molar refractivity (Wildman–Crippen MR) is 86.8 cm³/mol. The van der Waals surface area contributed by atoms with Crippen LogP contribution < -0.4 is 10.6 Å². The zero-order valence-electron chi connectivity index (χ0n) is 11.8. The number of hydrogen-bond acceptors (Lipinski definition) is 4. The van der Waals surface area contributed by atoms with Crippen LogP contribution in [-0.4, -0.2) is 30.9 Å². The molecule has 1 saturated heterocycles. The van der Waals surface area contributed by atoms with Gasteiger partial charge in [0.05, 0.1) is 26.7 Å². The number of anilines is 1. The predicted octanol–water partition coefficient (Wildman–Crippen LogP) is 2.65. The van der Waals surface area contributed by atoms with Crippen molar-refractivity contribution in [2.45, 2.75) is 12.8 Å². The van der Waals surface area contributed by atoms with Gasteiger partial charge in [-0.05, 0) is 18.6 Å². The molecule has 1 aliphatic heterocycles. The van der Waals surface area contributed by atoms with Gasteiger partial charge in [0.15, 0.2) is 6.61 Å². The van der Waals surface area contributed by atoms with E-state index in [4.69, 9.17) is 39.5 Å². The lowest BCUT2D eigenvalue weighted by molar-refractivity contribution is -0.152. The average Bonchev–Trinajstić information content (AvgIpc) is 2.51. The quantitative estimate of drug-likeness (QED) is 0.622. The van der Waals surface area contributed by atoms with Crippen LogP contribution in [0.4, 0.5) is 5.69 Å². The van der Waals surface area contributed by atoms with Crippen LogP contribution in [0.1, 0.15) is 12.8 Å². The fraction of sp³-hybridized carbons (Fsp3) is 0.357. The minimum atomic E-state index is -0.557. The summed E-state index contributed by atoms with van der Waals surface area (Å²) in [4.78, 5) is 34.6. The van der Waals surface area contributed by atoms with Crippen LogP contribution in [0, 0.1) is 5.92 Å². The molecule has 1 aromatic rings. The van der Waals surface area contributed by atoms with Crippen molar-refractivity contribution >= 4 is 58.3 Å². The van der Waals surface area contributed by atoms with Crippen LogP contribution in [0.15, 0.2) is 12.1 Å². The minimum absolute atomic E-state index is 0.0962. The van der Waals surface area contributed by atoms with Gasteiger partial charge in [-0.25, -0.2) is 0 Å². The van der Waals surface area contributed by atoms with E-state index in [0.29, 0.717) is 6.42 Å². The SMILES string of the molecule is O=C1CCC(C(=O)OCC(=O)Nc2cc(Cl)c(Cl)cc2Cl)CN1. The van der Waals surface area contributed by atoms with Crippen molar-refractivity contribution in [2.24, 2.45) is 5.92 Å². The molecule has 124 valence electrons. The first kappa shape index (κ1) is 17.8. The zero-order valence-corrected chi connectivity index (χ0v) is 14.1. The molecule has 1 heterocycles. The summed E-state index contributed by atoms with van der Waals surface area (Å²) < 4.78 is 4.94. The highest BCUT2D eigenvalue weighted by Crippen LogP contribution is 2.32. The molecule has 1 aliphatic rings. The van der Waals surface area contributed by atoms with E-state index in [1.165, 1.54) is 12.1 Å². The number of hydrogen-bond donors (Lipinski definition) is 2. The first-order chi connectivity index (χ1) is 10.9. The molecule has 1 aromatic carbocycles. The molecule has 2 amide bonds. The largest absolute Gasteiger partial charge is 0.455 e. The Morgan fingerprint density at radius 2 is 1.91 bits per heavy atom. The molecule has 0 spiro atoms. The van der Waals surface area contributed by atoms with Gasteiger partial charge in [-0.3, -0.25) is 14.4 Å². The Labute approximate surface area is 147 Å². The van der Waals surface area contributed by atoms with E-state index in [2.05, 4.69) is 10.6 Å². The molecule has 0 aromatic heterocycles. The van der Waals surface area contributed by atoms with Crippen LogP contribution in [0.25, 0.3) is 0 Å². The molecule has 2 rings (SSSR count). The van der Waals surface area contributed by atoms with Crippen LogP contribution >= 0.6 is 34.8 Å². The highest BCUT2D eigenvalue weighted by Gasteiger charge is 2.26. The molecule has 0 aliphatic carbocycles. The lowest BCUT2D eigenvalue weighted by Gasteiger charge is -2.20. The third kappa shape index (κ3) is 4.99. The molecule has 0 bridgehead atoms. The number of benzene rings is 1. The molecule has 23 heavy (non-hydrogen) atoms. The number of piperidine rings is 1. The maximum absolute atomic E-state index is 11.8. The molecule has 0 radical (unpaired) electrons. The van der Waals surface area contributed by atoms with Crippen LogP contribution in [0.2, 0.25) is 15.1 Å².